The Morgan fingerprint density at radius 3 is 2.80 bits per heavy atom. The molecule has 0 saturated heterocycles. The molecule has 1 heterocycles. The highest BCUT2D eigenvalue weighted by atomic mass is 16.1. The highest BCUT2D eigenvalue weighted by Gasteiger charge is 2.04. The van der Waals surface area contributed by atoms with Gasteiger partial charge in [0.15, 0.2) is 0 Å². The topological polar surface area (TPSA) is 34.9 Å². The van der Waals surface area contributed by atoms with Crippen molar-refractivity contribution in [3.8, 4) is 0 Å². The molecule has 0 aliphatic rings. The summed E-state index contributed by atoms with van der Waals surface area (Å²) in [5.74, 6) is 0.440. The zero-order chi connectivity index (χ0) is 10.8. The first-order chi connectivity index (χ1) is 7.18. The van der Waals surface area contributed by atoms with Crippen molar-refractivity contribution in [1.29, 1.82) is 0 Å². The molecule has 0 fully saturated rings. The average molecular weight is 202 g/mol. The molecule has 1 aromatic heterocycles. The lowest BCUT2D eigenvalue weighted by atomic mass is 10.2. The summed E-state index contributed by atoms with van der Waals surface area (Å²) in [6, 6.07) is 7.83. The maximum absolute atomic E-state index is 11.6. The predicted octanol–water partition coefficient (Wildman–Crippen LogP) is 2.05. The lowest BCUT2D eigenvalue weighted by Crippen LogP contribution is -2.24. The zero-order valence-corrected chi connectivity index (χ0v) is 8.97. The lowest BCUT2D eigenvalue weighted by Gasteiger charge is -2.10. The first kappa shape index (κ1) is 9.90. The SMILES string of the molecule is CC(C)Cn1c(=O)ncc2ccccc21. The molecule has 78 valence electrons. The van der Waals surface area contributed by atoms with Crippen LogP contribution < -0.4 is 5.69 Å². The summed E-state index contributed by atoms with van der Waals surface area (Å²) in [6.45, 7) is 4.90. The summed E-state index contributed by atoms with van der Waals surface area (Å²) in [5.41, 5.74) is 0.800. The summed E-state index contributed by atoms with van der Waals surface area (Å²) < 4.78 is 1.74. The molecule has 2 aromatic rings. The fourth-order valence-electron chi connectivity index (χ4n) is 1.68. The Kier molecular flexibility index (Phi) is 2.54. The van der Waals surface area contributed by atoms with E-state index in [1.165, 1.54) is 0 Å². The van der Waals surface area contributed by atoms with Crippen molar-refractivity contribution in [3.05, 3.63) is 40.9 Å². The van der Waals surface area contributed by atoms with Gasteiger partial charge in [0.2, 0.25) is 0 Å². The third kappa shape index (κ3) is 1.91. The number of rotatable bonds is 2. The second-order valence-corrected chi connectivity index (χ2v) is 4.10. The molecule has 0 unspecified atom stereocenters. The van der Waals surface area contributed by atoms with E-state index in [9.17, 15) is 4.79 Å². The van der Waals surface area contributed by atoms with Crippen LogP contribution in [0.5, 0.6) is 0 Å². The van der Waals surface area contributed by atoms with E-state index < -0.39 is 0 Å². The summed E-state index contributed by atoms with van der Waals surface area (Å²) in [5, 5.41) is 1.01. The molecule has 3 nitrogen and oxygen atoms in total. The normalized spacial score (nSPS) is 11.1. The van der Waals surface area contributed by atoms with Gasteiger partial charge in [0.25, 0.3) is 0 Å². The van der Waals surface area contributed by atoms with Gasteiger partial charge in [-0.2, -0.15) is 0 Å². The van der Waals surface area contributed by atoms with Crippen molar-refractivity contribution >= 4 is 10.9 Å². The summed E-state index contributed by atoms with van der Waals surface area (Å²) in [6.07, 6.45) is 1.63. The number of para-hydroxylation sites is 1. The van der Waals surface area contributed by atoms with Gasteiger partial charge >= 0.3 is 5.69 Å². The quantitative estimate of drug-likeness (QED) is 0.747. The van der Waals surface area contributed by atoms with E-state index in [1.54, 1.807) is 10.8 Å². The van der Waals surface area contributed by atoms with Crippen molar-refractivity contribution in [1.82, 2.24) is 9.55 Å². The Labute approximate surface area is 88.4 Å². The second kappa shape index (κ2) is 3.85. The van der Waals surface area contributed by atoms with Crippen LogP contribution >= 0.6 is 0 Å². The highest BCUT2D eigenvalue weighted by molar-refractivity contribution is 5.77. The Morgan fingerprint density at radius 1 is 1.33 bits per heavy atom. The van der Waals surface area contributed by atoms with Gasteiger partial charge in [-0.15, -0.1) is 0 Å². The van der Waals surface area contributed by atoms with Crippen molar-refractivity contribution in [2.75, 3.05) is 0 Å². The largest absolute Gasteiger partial charge is 0.348 e. The molecule has 0 amide bonds. The summed E-state index contributed by atoms with van der Waals surface area (Å²) in [7, 11) is 0. The van der Waals surface area contributed by atoms with E-state index in [4.69, 9.17) is 0 Å². The molecule has 0 saturated carbocycles. The monoisotopic (exact) mass is 202 g/mol. The van der Waals surface area contributed by atoms with E-state index in [0.29, 0.717) is 12.5 Å². The molecule has 1 aromatic carbocycles. The minimum absolute atomic E-state index is 0.164. The first-order valence-electron chi connectivity index (χ1n) is 5.13. The molecule has 15 heavy (non-hydrogen) atoms. The van der Waals surface area contributed by atoms with Crippen molar-refractivity contribution in [3.63, 3.8) is 0 Å². The van der Waals surface area contributed by atoms with Crippen LogP contribution in [-0.4, -0.2) is 9.55 Å². The predicted molar refractivity (Wildman–Crippen MR) is 60.8 cm³/mol. The molecule has 0 spiro atoms. The smallest absolute Gasteiger partial charge is 0.292 e. The van der Waals surface area contributed by atoms with Gasteiger partial charge in [-0.1, -0.05) is 32.0 Å². The van der Waals surface area contributed by atoms with Crippen LogP contribution in [0.25, 0.3) is 10.9 Å². The van der Waals surface area contributed by atoms with Crippen molar-refractivity contribution in [2.24, 2.45) is 5.92 Å². The standard InChI is InChI=1S/C12H14N2O/c1-9(2)8-14-11-6-4-3-5-10(11)7-13-12(14)15/h3-7,9H,8H2,1-2H3. The average Bonchev–Trinajstić information content (AvgIpc) is 2.22. The minimum atomic E-state index is -0.164. The van der Waals surface area contributed by atoms with Crippen molar-refractivity contribution < 1.29 is 0 Å². The second-order valence-electron chi connectivity index (χ2n) is 4.10. The van der Waals surface area contributed by atoms with Crippen LogP contribution in [-0.2, 0) is 6.54 Å². The Balaban J connectivity index is 2.68. The molecule has 2 rings (SSSR count). The highest BCUT2D eigenvalue weighted by Crippen LogP contribution is 2.11. The minimum Gasteiger partial charge on any atom is -0.292 e. The first-order valence-corrected chi connectivity index (χ1v) is 5.13. The van der Waals surface area contributed by atoms with Crippen LogP contribution in [0.1, 0.15) is 13.8 Å². The molecule has 0 aliphatic heterocycles. The summed E-state index contributed by atoms with van der Waals surface area (Å²) in [4.78, 5) is 15.5. The molecule has 0 bridgehead atoms. The van der Waals surface area contributed by atoms with E-state index >= 15 is 0 Å². The van der Waals surface area contributed by atoms with E-state index in [-0.39, 0.29) is 5.69 Å². The number of benzene rings is 1. The zero-order valence-electron chi connectivity index (χ0n) is 8.97. The lowest BCUT2D eigenvalue weighted by molar-refractivity contribution is 0.516. The van der Waals surface area contributed by atoms with Gasteiger partial charge in [0.05, 0.1) is 5.52 Å². The molecule has 3 heteroatoms. The fourth-order valence-corrected chi connectivity index (χ4v) is 1.68. The van der Waals surface area contributed by atoms with Gasteiger partial charge in [-0.05, 0) is 12.0 Å². The Hall–Kier alpha value is -1.64. The van der Waals surface area contributed by atoms with E-state index in [0.717, 1.165) is 10.9 Å². The molecule has 0 atom stereocenters. The number of hydrogen-bond donors (Lipinski definition) is 0. The van der Waals surface area contributed by atoms with Gasteiger partial charge < -0.3 is 0 Å². The number of nitrogens with zero attached hydrogens (tertiary/aromatic N) is 2. The van der Waals surface area contributed by atoms with Crippen molar-refractivity contribution in [2.45, 2.75) is 20.4 Å². The fraction of sp³-hybridized carbons (Fsp3) is 0.333. The number of fused-ring (bicyclic) bond motifs is 1. The third-order valence-corrected chi connectivity index (χ3v) is 2.32. The maximum atomic E-state index is 11.6. The van der Waals surface area contributed by atoms with Crippen LogP contribution in [0, 0.1) is 5.92 Å². The maximum Gasteiger partial charge on any atom is 0.348 e. The molecular formula is C12H14N2O. The number of aromatic nitrogens is 2. The van der Waals surface area contributed by atoms with Gasteiger partial charge in [0, 0.05) is 18.1 Å². The van der Waals surface area contributed by atoms with Crippen LogP contribution in [0.3, 0.4) is 0 Å². The Morgan fingerprint density at radius 2 is 2.07 bits per heavy atom. The van der Waals surface area contributed by atoms with Crippen LogP contribution in [0.4, 0.5) is 0 Å². The van der Waals surface area contributed by atoms with Crippen LogP contribution in [0.15, 0.2) is 35.3 Å². The summed E-state index contributed by atoms with van der Waals surface area (Å²) >= 11 is 0. The van der Waals surface area contributed by atoms with Gasteiger partial charge in [0.1, 0.15) is 0 Å². The van der Waals surface area contributed by atoms with Gasteiger partial charge in [-0.25, -0.2) is 9.78 Å². The molecule has 0 radical (unpaired) electrons. The number of hydrogen-bond acceptors (Lipinski definition) is 2. The molecule has 0 N–H and O–H groups in total. The van der Waals surface area contributed by atoms with Gasteiger partial charge in [-0.3, -0.25) is 4.57 Å². The van der Waals surface area contributed by atoms with E-state index in [2.05, 4.69) is 18.8 Å². The van der Waals surface area contributed by atoms with Crippen LogP contribution in [0.2, 0.25) is 0 Å². The van der Waals surface area contributed by atoms with E-state index in [1.807, 2.05) is 24.3 Å². The molecule has 0 aliphatic carbocycles. The third-order valence-electron chi connectivity index (χ3n) is 2.32. The Bertz CT molecular complexity index is 528. The molecular weight excluding hydrogens is 188 g/mol.